The second-order valence-electron chi connectivity index (χ2n) is 3.47. The number of H-pyrrole nitrogens is 1. The van der Waals surface area contributed by atoms with Gasteiger partial charge in [-0.3, -0.25) is 14.9 Å². The molecule has 0 aliphatic carbocycles. The minimum Gasteiger partial charge on any atom is -0.320 e. The summed E-state index contributed by atoms with van der Waals surface area (Å²) in [6.07, 6.45) is 4.67. The van der Waals surface area contributed by atoms with Gasteiger partial charge < -0.3 is 5.32 Å². The number of rotatable bonds is 2. The van der Waals surface area contributed by atoms with Gasteiger partial charge in [-0.05, 0) is 17.5 Å². The van der Waals surface area contributed by atoms with Crippen molar-refractivity contribution in [3.05, 3.63) is 41.7 Å². The highest BCUT2D eigenvalue weighted by Crippen LogP contribution is 2.21. The van der Waals surface area contributed by atoms with Crippen molar-refractivity contribution in [2.45, 2.75) is 0 Å². The highest BCUT2D eigenvalue weighted by Gasteiger charge is 2.07. The smallest absolute Gasteiger partial charge is 0.258 e. The standard InChI is InChI=1S/C11H8N4OS/c16-11(7-4-13-14-5-7)15-8-3-10-9(12-6-8)1-2-17-10/h1-6H,(H,13,14)(H,15,16). The highest BCUT2D eigenvalue weighted by atomic mass is 32.1. The van der Waals surface area contributed by atoms with Gasteiger partial charge in [0, 0.05) is 6.20 Å². The molecule has 0 atom stereocenters. The molecule has 0 unspecified atom stereocenters. The monoisotopic (exact) mass is 244 g/mol. The topological polar surface area (TPSA) is 70.7 Å². The van der Waals surface area contributed by atoms with E-state index in [0.717, 1.165) is 10.2 Å². The Morgan fingerprint density at radius 1 is 1.41 bits per heavy atom. The number of fused-ring (bicyclic) bond motifs is 1. The normalized spacial score (nSPS) is 10.6. The Labute approximate surface area is 101 Å². The lowest BCUT2D eigenvalue weighted by molar-refractivity contribution is 0.102. The number of amides is 1. The van der Waals surface area contributed by atoms with E-state index in [0.29, 0.717) is 11.3 Å². The van der Waals surface area contributed by atoms with Crippen molar-refractivity contribution < 1.29 is 4.79 Å². The van der Waals surface area contributed by atoms with E-state index in [1.165, 1.54) is 6.20 Å². The molecule has 0 radical (unpaired) electrons. The third-order valence-corrected chi connectivity index (χ3v) is 3.17. The van der Waals surface area contributed by atoms with Gasteiger partial charge in [0.1, 0.15) is 0 Å². The van der Waals surface area contributed by atoms with Crippen LogP contribution in [0.1, 0.15) is 10.4 Å². The fraction of sp³-hybridized carbons (Fsp3) is 0. The Balaban J connectivity index is 1.87. The van der Waals surface area contributed by atoms with E-state index in [2.05, 4.69) is 20.5 Å². The number of aromatic nitrogens is 3. The number of anilines is 1. The van der Waals surface area contributed by atoms with E-state index in [1.807, 2.05) is 17.5 Å². The molecule has 3 heterocycles. The third kappa shape index (κ3) is 1.90. The van der Waals surface area contributed by atoms with Gasteiger partial charge in [-0.25, -0.2) is 0 Å². The number of hydrogen-bond acceptors (Lipinski definition) is 4. The molecule has 0 saturated heterocycles. The zero-order valence-corrected chi connectivity index (χ0v) is 9.49. The summed E-state index contributed by atoms with van der Waals surface area (Å²) in [6.45, 7) is 0. The van der Waals surface area contributed by atoms with Gasteiger partial charge in [-0.2, -0.15) is 5.10 Å². The molecular weight excluding hydrogens is 236 g/mol. The number of nitrogens with zero attached hydrogens (tertiary/aromatic N) is 2. The molecule has 17 heavy (non-hydrogen) atoms. The molecule has 0 fully saturated rings. The van der Waals surface area contributed by atoms with E-state index >= 15 is 0 Å². The van der Waals surface area contributed by atoms with Crippen molar-refractivity contribution in [1.29, 1.82) is 0 Å². The summed E-state index contributed by atoms with van der Waals surface area (Å²) in [5.41, 5.74) is 2.12. The van der Waals surface area contributed by atoms with Gasteiger partial charge in [0.2, 0.25) is 0 Å². The quantitative estimate of drug-likeness (QED) is 0.726. The van der Waals surface area contributed by atoms with Crippen molar-refractivity contribution in [2.75, 3.05) is 5.32 Å². The zero-order valence-electron chi connectivity index (χ0n) is 8.68. The molecule has 2 N–H and O–H groups in total. The van der Waals surface area contributed by atoms with Crippen LogP contribution < -0.4 is 5.32 Å². The number of aromatic amines is 1. The lowest BCUT2D eigenvalue weighted by atomic mass is 10.3. The van der Waals surface area contributed by atoms with Crippen LogP contribution in [0.4, 0.5) is 5.69 Å². The largest absolute Gasteiger partial charge is 0.320 e. The number of carbonyl (C=O) groups excluding carboxylic acids is 1. The Kier molecular flexibility index (Phi) is 2.34. The Hall–Kier alpha value is -2.21. The minimum absolute atomic E-state index is 0.198. The molecule has 3 aromatic heterocycles. The molecule has 0 bridgehead atoms. The van der Waals surface area contributed by atoms with Crippen LogP contribution in [0.25, 0.3) is 10.2 Å². The molecular formula is C11H8N4OS. The maximum Gasteiger partial charge on any atom is 0.258 e. The first-order valence-electron chi connectivity index (χ1n) is 4.96. The van der Waals surface area contributed by atoms with Crippen molar-refractivity contribution in [3.8, 4) is 0 Å². The van der Waals surface area contributed by atoms with Crippen LogP contribution in [0.5, 0.6) is 0 Å². The van der Waals surface area contributed by atoms with Crippen molar-refractivity contribution >= 4 is 33.1 Å². The van der Waals surface area contributed by atoms with Gasteiger partial charge in [0.25, 0.3) is 5.91 Å². The van der Waals surface area contributed by atoms with Gasteiger partial charge in [-0.15, -0.1) is 11.3 Å². The summed E-state index contributed by atoms with van der Waals surface area (Å²) in [6, 6.07) is 3.85. The van der Waals surface area contributed by atoms with Crippen LogP contribution >= 0.6 is 11.3 Å². The zero-order chi connectivity index (χ0) is 11.7. The third-order valence-electron chi connectivity index (χ3n) is 2.32. The predicted molar refractivity (Wildman–Crippen MR) is 66.2 cm³/mol. The Bertz CT molecular complexity index is 659. The molecule has 0 aliphatic rings. The van der Waals surface area contributed by atoms with Crippen LogP contribution in [-0.2, 0) is 0 Å². The summed E-state index contributed by atoms with van der Waals surface area (Å²) < 4.78 is 1.05. The van der Waals surface area contributed by atoms with E-state index < -0.39 is 0 Å². The van der Waals surface area contributed by atoms with E-state index in [9.17, 15) is 4.79 Å². The number of pyridine rings is 1. The molecule has 3 aromatic rings. The number of hydrogen-bond donors (Lipinski definition) is 2. The first-order valence-corrected chi connectivity index (χ1v) is 5.84. The van der Waals surface area contributed by atoms with Crippen LogP contribution in [-0.4, -0.2) is 21.1 Å². The second-order valence-corrected chi connectivity index (χ2v) is 4.42. The lowest BCUT2D eigenvalue weighted by Crippen LogP contribution is -2.10. The lowest BCUT2D eigenvalue weighted by Gasteiger charge is -2.02. The molecule has 1 amide bonds. The molecule has 0 aromatic carbocycles. The molecule has 5 nitrogen and oxygen atoms in total. The van der Waals surface area contributed by atoms with Crippen molar-refractivity contribution in [1.82, 2.24) is 15.2 Å². The van der Waals surface area contributed by atoms with Crippen LogP contribution in [0.3, 0.4) is 0 Å². The van der Waals surface area contributed by atoms with E-state index in [1.54, 1.807) is 23.7 Å². The highest BCUT2D eigenvalue weighted by molar-refractivity contribution is 7.17. The Morgan fingerprint density at radius 3 is 3.18 bits per heavy atom. The average Bonchev–Trinajstić information content (AvgIpc) is 2.99. The molecule has 3 rings (SSSR count). The number of carbonyl (C=O) groups is 1. The minimum atomic E-state index is -0.198. The van der Waals surface area contributed by atoms with Gasteiger partial charge in [0.15, 0.2) is 0 Å². The maximum atomic E-state index is 11.8. The Morgan fingerprint density at radius 2 is 2.35 bits per heavy atom. The average molecular weight is 244 g/mol. The summed E-state index contributed by atoms with van der Waals surface area (Å²) in [5, 5.41) is 11.1. The second kappa shape index (κ2) is 3.99. The molecule has 84 valence electrons. The summed E-state index contributed by atoms with van der Waals surface area (Å²) in [4.78, 5) is 16.0. The fourth-order valence-corrected chi connectivity index (χ4v) is 2.27. The van der Waals surface area contributed by atoms with Crippen LogP contribution in [0.15, 0.2) is 36.1 Å². The first kappa shape index (κ1) is 9.98. The molecule has 0 saturated carbocycles. The molecule has 6 heteroatoms. The van der Waals surface area contributed by atoms with E-state index in [-0.39, 0.29) is 5.91 Å². The van der Waals surface area contributed by atoms with Crippen molar-refractivity contribution in [3.63, 3.8) is 0 Å². The van der Waals surface area contributed by atoms with Crippen LogP contribution in [0.2, 0.25) is 0 Å². The predicted octanol–water partition coefficient (Wildman–Crippen LogP) is 2.27. The molecule has 0 aliphatic heterocycles. The maximum absolute atomic E-state index is 11.8. The van der Waals surface area contributed by atoms with E-state index in [4.69, 9.17) is 0 Å². The van der Waals surface area contributed by atoms with Gasteiger partial charge in [0.05, 0.1) is 33.9 Å². The van der Waals surface area contributed by atoms with Crippen LogP contribution in [0, 0.1) is 0 Å². The summed E-state index contributed by atoms with van der Waals surface area (Å²) in [7, 11) is 0. The fourth-order valence-electron chi connectivity index (χ4n) is 1.49. The first-order chi connectivity index (χ1) is 8.33. The van der Waals surface area contributed by atoms with Gasteiger partial charge >= 0.3 is 0 Å². The number of nitrogens with one attached hydrogen (secondary N) is 2. The molecule has 0 spiro atoms. The van der Waals surface area contributed by atoms with Crippen molar-refractivity contribution in [2.24, 2.45) is 0 Å². The number of thiophene rings is 1. The summed E-state index contributed by atoms with van der Waals surface area (Å²) >= 11 is 1.59. The van der Waals surface area contributed by atoms with Gasteiger partial charge in [-0.1, -0.05) is 0 Å². The summed E-state index contributed by atoms with van der Waals surface area (Å²) in [5.74, 6) is -0.198. The SMILES string of the molecule is O=C(Nc1cnc2ccsc2c1)c1cn[nH]c1.